The Kier molecular flexibility index (Phi) is 3.15. The van der Waals surface area contributed by atoms with E-state index < -0.39 is 12.3 Å². The van der Waals surface area contributed by atoms with Gasteiger partial charge in [-0.1, -0.05) is 15.9 Å². The number of amides is 1. The van der Waals surface area contributed by atoms with Crippen LogP contribution in [0, 0.1) is 0 Å². The van der Waals surface area contributed by atoms with E-state index in [1.165, 1.54) is 7.05 Å². The number of hydrogen-bond donors (Lipinski definition) is 1. The predicted molar refractivity (Wildman–Crippen MR) is 64.6 cm³/mol. The summed E-state index contributed by atoms with van der Waals surface area (Å²) in [4.78, 5) is 12.0. The molecule has 1 aromatic carbocycles. The standard InChI is InChI=1S/C11H12BrNO4/c1-13(11(14)15)9-4-6-3-7(12)5-8(16-2)10(6)17-9/h3,5,9H,4H2,1-2H3,(H,14,15). The van der Waals surface area contributed by atoms with Crippen molar-refractivity contribution in [1.82, 2.24) is 4.90 Å². The maximum atomic E-state index is 10.9. The van der Waals surface area contributed by atoms with Crippen molar-refractivity contribution in [3.05, 3.63) is 22.2 Å². The monoisotopic (exact) mass is 301 g/mol. The number of methoxy groups -OCH3 is 1. The highest BCUT2D eigenvalue weighted by Crippen LogP contribution is 2.40. The molecule has 2 rings (SSSR count). The molecule has 92 valence electrons. The van der Waals surface area contributed by atoms with E-state index >= 15 is 0 Å². The van der Waals surface area contributed by atoms with E-state index in [0.29, 0.717) is 17.9 Å². The molecular formula is C11H12BrNO4. The van der Waals surface area contributed by atoms with Gasteiger partial charge in [-0.05, 0) is 12.1 Å². The van der Waals surface area contributed by atoms with E-state index in [2.05, 4.69) is 15.9 Å². The minimum Gasteiger partial charge on any atom is -0.493 e. The van der Waals surface area contributed by atoms with Crippen LogP contribution in [0.4, 0.5) is 4.79 Å². The van der Waals surface area contributed by atoms with Gasteiger partial charge in [0.05, 0.1) is 7.11 Å². The lowest BCUT2D eigenvalue weighted by Crippen LogP contribution is -2.38. The number of ether oxygens (including phenoxy) is 2. The smallest absolute Gasteiger partial charge is 0.409 e. The Bertz CT molecular complexity index is 463. The molecule has 0 fully saturated rings. The van der Waals surface area contributed by atoms with Gasteiger partial charge in [0, 0.05) is 23.5 Å². The van der Waals surface area contributed by atoms with Crippen LogP contribution in [0.15, 0.2) is 16.6 Å². The zero-order valence-electron chi connectivity index (χ0n) is 9.44. The van der Waals surface area contributed by atoms with Crippen molar-refractivity contribution < 1.29 is 19.4 Å². The molecule has 0 aliphatic carbocycles. The minimum absolute atomic E-state index is 0.495. The molecule has 1 aromatic rings. The zero-order valence-corrected chi connectivity index (χ0v) is 11.0. The van der Waals surface area contributed by atoms with Crippen molar-refractivity contribution in [2.45, 2.75) is 12.6 Å². The Hall–Kier alpha value is -1.43. The molecule has 0 saturated heterocycles. The Morgan fingerprint density at radius 1 is 1.65 bits per heavy atom. The van der Waals surface area contributed by atoms with Crippen LogP contribution >= 0.6 is 15.9 Å². The normalized spacial score (nSPS) is 17.2. The third kappa shape index (κ3) is 2.17. The second-order valence-electron chi connectivity index (χ2n) is 3.77. The van der Waals surface area contributed by atoms with Crippen molar-refractivity contribution in [2.24, 2.45) is 0 Å². The fourth-order valence-corrected chi connectivity index (χ4v) is 2.25. The van der Waals surface area contributed by atoms with Gasteiger partial charge in [-0.15, -0.1) is 0 Å². The summed E-state index contributed by atoms with van der Waals surface area (Å²) in [5.74, 6) is 1.23. The van der Waals surface area contributed by atoms with Crippen molar-refractivity contribution in [1.29, 1.82) is 0 Å². The van der Waals surface area contributed by atoms with E-state index in [0.717, 1.165) is 14.9 Å². The third-order valence-electron chi connectivity index (χ3n) is 2.70. The van der Waals surface area contributed by atoms with E-state index in [4.69, 9.17) is 14.6 Å². The molecule has 0 radical (unpaired) electrons. The number of hydrogen-bond acceptors (Lipinski definition) is 3. The van der Waals surface area contributed by atoms with Gasteiger partial charge in [-0.3, -0.25) is 4.90 Å². The summed E-state index contributed by atoms with van der Waals surface area (Å²) < 4.78 is 11.7. The molecule has 1 unspecified atom stereocenters. The van der Waals surface area contributed by atoms with Gasteiger partial charge in [0.15, 0.2) is 17.7 Å². The quantitative estimate of drug-likeness (QED) is 0.911. The summed E-state index contributed by atoms with van der Waals surface area (Å²) in [5, 5.41) is 8.91. The molecule has 0 spiro atoms. The first-order valence-corrected chi connectivity index (χ1v) is 5.81. The maximum absolute atomic E-state index is 10.9. The molecule has 1 heterocycles. The van der Waals surface area contributed by atoms with Crippen LogP contribution < -0.4 is 9.47 Å². The van der Waals surface area contributed by atoms with Crippen LogP contribution in [0.3, 0.4) is 0 Å². The van der Waals surface area contributed by atoms with E-state index in [1.807, 2.05) is 6.07 Å². The summed E-state index contributed by atoms with van der Waals surface area (Å²) in [6.07, 6.45) is -0.986. The molecule has 1 N–H and O–H groups in total. The van der Waals surface area contributed by atoms with Gasteiger partial charge in [0.25, 0.3) is 0 Å². The topological polar surface area (TPSA) is 59.0 Å². The summed E-state index contributed by atoms with van der Waals surface area (Å²) in [5.41, 5.74) is 0.939. The molecule has 17 heavy (non-hydrogen) atoms. The van der Waals surface area contributed by atoms with Crippen LogP contribution in [0.25, 0.3) is 0 Å². The molecule has 1 aliphatic heterocycles. The number of rotatable bonds is 2. The number of carbonyl (C=O) groups is 1. The van der Waals surface area contributed by atoms with Gasteiger partial charge in [-0.25, -0.2) is 4.79 Å². The van der Waals surface area contributed by atoms with Gasteiger partial charge in [0.1, 0.15) is 0 Å². The summed E-state index contributed by atoms with van der Waals surface area (Å²) in [6.45, 7) is 0. The molecule has 0 bridgehead atoms. The van der Waals surface area contributed by atoms with Crippen LogP contribution in [-0.2, 0) is 6.42 Å². The largest absolute Gasteiger partial charge is 0.493 e. The maximum Gasteiger partial charge on any atom is 0.409 e. The van der Waals surface area contributed by atoms with E-state index in [-0.39, 0.29) is 0 Å². The molecule has 0 saturated carbocycles. The lowest BCUT2D eigenvalue weighted by atomic mass is 10.1. The van der Waals surface area contributed by atoms with Gasteiger partial charge in [-0.2, -0.15) is 0 Å². The number of nitrogens with zero attached hydrogens (tertiary/aromatic N) is 1. The summed E-state index contributed by atoms with van der Waals surface area (Å²) in [6, 6.07) is 3.70. The molecule has 1 amide bonds. The fraction of sp³-hybridized carbons (Fsp3) is 0.364. The lowest BCUT2D eigenvalue weighted by Gasteiger charge is -2.20. The second kappa shape index (κ2) is 4.44. The van der Waals surface area contributed by atoms with Crippen molar-refractivity contribution in [3.8, 4) is 11.5 Å². The van der Waals surface area contributed by atoms with E-state index in [1.54, 1.807) is 13.2 Å². The summed E-state index contributed by atoms with van der Waals surface area (Å²) in [7, 11) is 3.04. The molecule has 6 heteroatoms. The molecule has 5 nitrogen and oxygen atoms in total. The number of fused-ring (bicyclic) bond motifs is 1. The first kappa shape index (κ1) is 12.0. The average molecular weight is 302 g/mol. The average Bonchev–Trinajstić information content (AvgIpc) is 2.69. The fourth-order valence-electron chi connectivity index (χ4n) is 1.76. The van der Waals surface area contributed by atoms with Crippen molar-refractivity contribution >= 4 is 22.0 Å². The number of benzene rings is 1. The lowest BCUT2D eigenvalue weighted by molar-refractivity contribution is 0.0593. The van der Waals surface area contributed by atoms with Crippen LogP contribution in [0.5, 0.6) is 11.5 Å². The highest BCUT2D eigenvalue weighted by atomic mass is 79.9. The Morgan fingerprint density at radius 3 is 2.94 bits per heavy atom. The second-order valence-corrected chi connectivity index (χ2v) is 4.68. The zero-order chi connectivity index (χ0) is 12.6. The molecule has 1 aliphatic rings. The highest BCUT2D eigenvalue weighted by molar-refractivity contribution is 9.10. The highest BCUT2D eigenvalue weighted by Gasteiger charge is 2.31. The van der Waals surface area contributed by atoms with Gasteiger partial charge < -0.3 is 14.6 Å². The number of carboxylic acid groups (broad SMARTS) is 1. The SMILES string of the molecule is COc1cc(Br)cc2c1OC(N(C)C(=O)O)C2. The Morgan fingerprint density at radius 2 is 2.35 bits per heavy atom. The minimum atomic E-state index is -1.01. The molecule has 1 atom stereocenters. The number of likely N-dealkylation sites (N-methyl/N-ethyl adjacent to an activating group) is 1. The van der Waals surface area contributed by atoms with Crippen LogP contribution in [0.2, 0.25) is 0 Å². The number of halogens is 1. The first-order valence-electron chi connectivity index (χ1n) is 5.01. The van der Waals surface area contributed by atoms with E-state index in [9.17, 15) is 4.79 Å². The predicted octanol–water partition coefficient (Wildman–Crippen LogP) is 2.33. The molecular weight excluding hydrogens is 290 g/mol. The van der Waals surface area contributed by atoms with Crippen molar-refractivity contribution in [3.63, 3.8) is 0 Å². The molecule has 0 aromatic heterocycles. The van der Waals surface area contributed by atoms with Crippen LogP contribution in [0.1, 0.15) is 5.56 Å². The van der Waals surface area contributed by atoms with Gasteiger partial charge >= 0.3 is 6.09 Å². The Labute approximate surface area is 107 Å². The summed E-state index contributed by atoms with van der Waals surface area (Å²) >= 11 is 3.38. The van der Waals surface area contributed by atoms with Crippen molar-refractivity contribution in [2.75, 3.05) is 14.2 Å². The Balaban J connectivity index is 2.30. The first-order chi connectivity index (χ1) is 8.02. The van der Waals surface area contributed by atoms with Gasteiger partial charge in [0.2, 0.25) is 0 Å². The third-order valence-corrected chi connectivity index (χ3v) is 3.16. The van der Waals surface area contributed by atoms with Crippen LogP contribution in [-0.4, -0.2) is 36.5 Å².